The van der Waals surface area contributed by atoms with Crippen LogP contribution in [0.2, 0.25) is 0 Å². The van der Waals surface area contributed by atoms with Crippen molar-refractivity contribution in [2.45, 2.75) is 24.7 Å². The minimum atomic E-state index is -1.31. The molecule has 0 aliphatic carbocycles. The second kappa shape index (κ2) is 3.15. The summed E-state index contributed by atoms with van der Waals surface area (Å²) in [4.78, 5) is 10.5. The highest BCUT2D eigenvalue weighted by atomic mass is 19.1. The number of cyclic esters (lactones) is 1. The lowest BCUT2D eigenvalue weighted by Crippen LogP contribution is -2.27. The van der Waals surface area contributed by atoms with E-state index < -0.39 is 31.0 Å². The lowest BCUT2D eigenvalue weighted by molar-refractivity contribution is -0.150. The molecule has 1 heterocycles. The van der Waals surface area contributed by atoms with Gasteiger partial charge in [-0.3, -0.25) is 0 Å². The largest absolute Gasteiger partial charge is 0.457 e. The molecular weight excluding hydrogens is 155 g/mol. The van der Waals surface area contributed by atoms with Gasteiger partial charge in [-0.25, -0.2) is 9.18 Å². The van der Waals surface area contributed by atoms with Gasteiger partial charge in [0.1, 0.15) is 18.9 Å². The molecule has 0 radical (unpaired) electrons. The highest BCUT2D eigenvalue weighted by Crippen LogP contribution is 2.17. The quantitative estimate of drug-likeness (QED) is 0.513. The number of rotatable bonds is 2. The lowest BCUT2D eigenvalue weighted by atomic mass is 10.1. The van der Waals surface area contributed by atoms with Gasteiger partial charge in [-0.1, -0.05) is 0 Å². The van der Waals surface area contributed by atoms with Crippen molar-refractivity contribution in [2.75, 3.05) is 6.67 Å². The molecule has 1 rings (SSSR count). The van der Waals surface area contributed by atoms with Gasteiger partial charge in [0.05, 0.1) is 0 Å². The molecule has 3 atom stereocenters. The van der Waals surface area contributed by atoms with Gasteiger partial charge < -0.3 is 14.9 Å². The summed E-state index contributed by atoms with van der Waals surface area (Å²) in [6, 6.07) is 0. The SMILES string of the molecule is O=C1O[C@H](C(O)CF)C[C@@H]1O. The second-order valence-electron chi connectivity index (χ2n) is 2.45. The molecular formula is C6H9FO4. The highest BCUT2D eigenvalue weighted by Gasteiger charge is 2.36. The number of carbonyl (C=O) groups is 1. The van der Waals surface area contributed by atoms with E-state index in [4.69, 9.17) is 10.2 Å². The number of carbonyl (C=O) groups excluding carboxylic acids is 1. The summed E-state index contributed by atoms with van der Waals surface area (Å²) in [5.74, 6) is -0.789. The summed E-state index contributed by atoms with van der Waals surface area (Å²) >= 11 is 0. The third-order valence-electron chi connectivity index (χ3n) is 1.58. The van der Waals surface area contributed by atoms with Crippen molar-refractivity contribution in [1.29, 1.82) is 0 Å². The number of aliphatic hydroxyl groups excluding tert-OH is 2. The standard InChI is InChI=1S/C6H9FO4/c7-2-4(9)5-1-3(8)6(10)11-5/h3-5,8-9H,1-2H2/t3-,4?,5-/m0/s1. The van der Waals surface area contributed by atoms with Gasteiger partial charge in [0.15, 0.2) is 6.10 Å². The predicted octanol–water partition coefficient (Wildman–Crippen LogP) is -1.01. The Bertz CT molecular complexity index is 161. The Balaban J connectivity index is 2.46. The molecule has 0 aromatic rings. The van der Waals surface area contributed by atoms with Crippen molar-refractivity contribution in [2.24, 2.45) is 0 Å². The molecule has 4 nitrogen and oxygen atoms in total. The van der Waals surface area contributed by atoms with Crippen molar-refractivity contribution in [3.63, 3.8) is 0 Å². The minimum absolute atomic E-state index is 0.0239. The van der Waals surface area contributed by atoms with E-state index in [9.17, 15) is 9.18 Å². The number of esters is 1. The molecule has 5 heteroatoms. The zero-order valence-electron chi connectivity index (χ0n) is 5.74. The Kier molecular flexibility index (Phi) is 2.41. The van der Waals surface area contributed by atoms with Crippen LogP contribution in [-0.4, -0.2) is 41.2 Å². The molecule has 1 unspecified atom stereocenters. The average molecular weight is 164 g/mol. The first kappa shape index (κ1) is 8.42. The maximum Gasteiger partial charge on any atom is 0.335 e. The zero-order valence-corrected chi connectivity index (χ0v) is 5.74. The number of hydrogen-bond acceptors (Lipinski definition) is 4. The molecule has 0 amide bonds. The third-order valence-corrected chi connectivity index (χ3v) is 1.58. The summed E-state index contributed by atoms with van der Waals surface area (Å²) in [6.45, 7) is -0.968. The van der Waals surface area contributed by atoms with Crippen LogP contribution >= 0.6 is 0 Å². The minimum Gasteiger partial charge on any atom is -0.457 e. The van der Waals surface area contributed by atoms with E-state index in [1.807, 2.05) is 0 Å². The van der Waals surface area contributed by atoms with E-state index >= 15 is 0 Å². The van der Waals surface area contributed by atoms with Gasteiger partial charge in [-0.05, 0) is 0 Å². The smallest absolute Gasteiger partial charge is 0.335 e. The number of ether oxygens (including phenoxy) is 1. The highest BCUT2D eigenvalue weighted by molar-refractivity contribution is 5.76. The van der Waals surface area contributed by atoms with E-state index in [-0.39, 0.29) is 6.42 Å². The molecule has 1 fully saturated rings. The molecule has 11 heavy (non-hydrogen) atoms. The Labute approximate surface area is 62.6 Å². The first-order valence-corrected chi connectivity index (χ1v) is 3.27. The first-order valence-electron chi connectivity index (χ1n) is 3.27. The van der Waals surface area contributed by atoms with Crippen molar-refractivity contribution < 1.29 is 24.1 Å². The maximum atomic E-state index is 11.8. The predicted molar refractivity (Wildman–Crippen MR) is 32.5 cm³/mol. The number of hydrogen-bond donors (Lipinski definition) is 2. The number of aliphatic hydroxyl groups is 2. The van der Waals surface area contributed by atoms with Gasteiger partial charge in [-0.15, -0.1) is 0 Å². The fourth-order valence-electron chi connectivity index (χ4n) is 0.927. The summed E-state index contributed by atoms with van der Waals surface area (Å²) in [5, 5.41) is 17.6. The molecule has 0 aromatic heterocycles. The van der Waals surface area contributed by atoms with Crippen molar-refractivity contribution in [1.82, 2.24) is 0 Å². The third kappa shape index (κ3) is 1.66. The summed E-state index contributed by atoms with van der Waals surface area (Å²) in [7, 11) is 0. The van der Waals surface area contributed by atoms with Crippen LogP contribution in [-0.2, 0) is 9.53 Å². The molecule has 0 spiro atoms. The molecule has 0 aromatic carbocycles. The zero-order chi connectivity index (χ0) is 8.43. The summed E-state index contributed by atoms with van der Waals surface area (Å²) in [5.41, 5.74) is 0. The van der Waals surface area contributed by atoms with E-state index in [1.54, 1.807) is 0 Å². The van der Waals surface area contributed by atoms with Gasteiger partial charge in [0.25, 0.3) is 0 Å². The van der Waals surface area contributed by atoms with E-state index in [0.717, 1.165) is 0 Å². The first-order chi connectivity index (χ1) is 5.15. The van der Waals surface area contributed by atoms with Crippen LogP contribution in [0.3, 0.4) is 0 Å². The normalized spacial score (nSPS) is 33.5. The average Bonchev–Trinajstić information content (AvgIpc) is 2.31. The molecule has 2 N–H and O–H groups in total. The number of alkyl halides is 1. The summed E-state index contributed by atoms with van der Waals surface area (Å²) in [6.07, 6.45) is -3.43. The lowest BCUT2D eigenvalue weighted by Gasteiger charge is -2.11. The van der Waals surface area contributed by atoms with Crippen molar-refractivity contribution >= 4 is 5.97 Å². The summed E-state index contributed by atoms with van der Waals surface area (Å²) < 4.78 is 16.2. The van der Waals surface area contributed by atoms with E-state index in [0.29, 0.717) is 0 Å². The van der Waals surface area contributed by atoms with Gasteiger partial charge in [0.2, 0.25) is 0 Å². The van der Waals surface area contributed by atoms with Crippen LogP contribution in [0.15, 0.2) is 0 Å². The van der Waals surface area contributed by atoms with Crippen LogP contribution in [0.4, 0.5) is 4.39 Å². The Hall–Kier alpha value is -0.680. The van der Waals surface area contributed by atoms with Gasteiger partial charge >= 0.3 is 5.97 Å². The number of halogens is 1. The van der Waals surface area contributed by atoms with Crippen LogP contribution in [0.5, 0.6) is 0 Å². The van der Waals surface area contributed by atoms with E-state index in [1.165, 1.54) is 0 Å². The van der Waals surface area contributed by atoms with Crippen LogP contribution in [0.1, 0.15) is 6.42 Å². The van der Waals surface area contributed by atoms with Gasteiger partial charge in [0, 0.05) is 6.42 Å². The van der Waals surface area contributed by atoms with Crippen molar-refractivity contribution in [3.8, 4) is 0 Å². The molecule has 1 aliphatic heterocycles. The second-order valence-corrected chi connectivity index (χ2v) is 2.45. The van der Waals surface area contributed by atoms with Crippen LogP contribution in [0, 0.1) is 0 Å². The fourth-order valence-corrected chi connectivity index (χ4v) is 0.927. The Morgan fingerprint density at radius 1 is 1.82 bits per heavy atom. The topological polar surface area (TPSA) is 66.8 Å². The van der Waals surface area contributed by atoms with E-state index in [2.05, 4.69) is 4.74 Å². The molecule has 1 saturated heterocycles. The monoisotopic (exact) mass is 164 g/mol. The molecule has 64 valence electrons. The Morgan fingerprint density at radius 2 is 2.45 bits per heavy atom. The fraction of sp³-hybridized carbons (Fsp3) is 0.833. The van der Waals surface area contributed by atoms with Crippen LogP contribution < -0.4 is 0 Å². The molecule has 0 saturated carbocycles. The maximum absolute atomic E-state index is 11.8. The molecule has 1 aliphatic rings. The Morgan fingerprint density at radius 3 is 2.82 bits per heavy atom. The molecule has 0 bridgehead atoms. The van der Waals surface area contributed by atoms with Crippen LogP contribution in [0.25, 0.3) is 0 Å². The van der Waals surface area contributed by atoms with Crippen molar-refractivity contribution in [3.05, 3.63) is 0 Å². The van der Waals surface area contributed by atoms with Gasteiger partial charge in [-0.2, -0.15) is 0 Å².